The summed E-state index contributed by atoms with van der Waals surface area (Å²) in [4.78, 5) is 33.9. The number of allylic oxidation sites excluding steroid dienone is 4. The third-order valence-electron chi connectivity index (χ3n) is 4.43. The molecule has 0 radical (unpaired) electrons. The molecule has 0 aliphatic rings. The van der Waals surface area contributed by atoms with Crippen molar-refractivity contribution >= 4 is 17.9 Å². The first kappa shape index (κ1) is 26.9. The lowest BCUT2D eigenvalue weighted by atomic mass is 10.1. The number of esters is 2. The molecule has 0 aromatic carbocycles. The second-order valence-electron chi connectivity index (χ2n) is 7.08. The predicted octanol–water partition coefficient (Wildman–Crippen LogP) is 5.36. The number of carbonyl (C=O) groups excluding carboxylic acids is 2. The predicted molar refractivity (Wildman–Crippen MR) is 114 cm³/mol. The van der Waals surface area contributed by atoms with Gasteiger partial charge in [-0.2, -0.15) is 0 Å². The molecule has 166 valence electrons. The molecule has 1 N–H and O–H groups in total. The quantitative estimate of drug-likeness (QED) is 0.186. The van der Waals surface area contributed by atoms with Gasteiger partial charge in [0, 0.05) is 6.42 Å². The first-order valence-corrected chi connectivity index (χ1v) is 10.8. The lowest BCUT2D eigenvalue weighted by Crippen LogP contribution is -2.30. The largest absolute Gasteiger partial charge is 0.481 e. The van der Waals surface area contributed by atoms with Gasteiger partial charge in [-0.05, 0) is 38.5 Å². The summed E-state index contributed by atoms with van der Waals surface area (Å²) in [5, 5.41) is 8.75. The Hall–Kier alpha value is -2.11. The molecular weight excluding hydrogens is 372 g/mol. The van der Waals surface area contributed by atoms with E-state index in [2.05, 4.69) is 36.0 Å². The van der Waals surface area contributed by atoms with E-state index in [0.29, 0.717) is 6.42 Å². The van der Waals surface area contributed by atoms with E-state index < -0.39 is 30.4 Å². The maximum atomic E-state index is 11.8. The highest BCUT2D eigenvalue weighted by atomic mass is 16.6. The van der Waals surface area contributed by atoms with Crippen molar-refractivity contribution in [3.63, 3.8) is 0 Å². The van der Waals surface area contributed by atoms with E-state index >= 15 is 0 Å². The number of ether oxygens (including phenoxy) is 2. The minimum Gasteiger partial charge on any atom is -0.481 e. The van der Waals surface area contributed by atoms with Crippen LogP contribution in [0.15, 0.2) is 24.3 Å². The number of hydrogen-bond acceptors (Lipinski definition) is 5. The fraction of sp³-hybridized carbons (Fsp3) is 0.696. The molecule has 0 rings (SSSR count). The molecule has 0 aromatic rings. The highest BCUT2D eigenvalue weighted by Gasteiger charge is 2.26. The van der Waals surface area contributed by atoms with Gasteiger partial charge in [-0.15, -0.1) is 0 Å². The van der Waals surface area contributed by atoms with Crippen molar-refractivity contribution in [2.24, 2.45) is 0 Å². The first-order valence-electron chi connectivity index (χ1n) is 10.8. The van der Waals surface area contributed by atoms with E-state index in [0.717, 1.165) is 45.6 Å². The minimum atomic E-state index is -1.37. The summed E-state index contributed by atoms with van der Waals surface area (Å²) in [5.74, 6) is -2.63. The summed E-state index contributed by atoms with van der Waals surface area (Å²) >= 11 is 0. The molecule has 0 fully saturated rings. The molecule has 0 spiro atoms. The third kappa shape index (κ3) is 17.7. The van der Waals surface area contributed by atoms with Crippen LogP contribution >= 0.6 is 0 Å². The van der Waals surface area contributed by atoms with Gasteiger partial charge in [-0.3, -0.25) is 9.59 Å². The van der Waals surface area contributed by atoms with Crippen LogP contribution in [0.2, 0.25) is 0 Å². The monoisotopic (exact) mass is 410 g/mol. The van der Waals surface area contributed by atoms with Crippen LogP contribution in [0, 0.1) is 0 Å². The Morgan fingerprint density at radius 3 is 2.03 bits per heavy atom. The smallest absolute Gasteiger partial charge is 0.347 e. The molecule has 0 heterocycles. The standard InChI is InChI=1S/C23H38O6/c1-3-4-5-6-7-8-9-10-11-12-13-14-15-16-17-18-22(26)29-20(19-21(24)25)23(27)28-2/h7-8,10-11,20H,3-6,9,12-19H2,1-2H3,(H,24,25)/b8-7-,11-10-. The van der Waals surface area contributed by atoms with E-state index in [1.807, 2.05) is 0 Å². The molecule has 0 amide bonds. The van der Waals surface area contributed by atoms with Gasteiger partial charge >= 0.3 is 17.9 Å². The Balaban J connectivity index is 3.66. The SMILES string of the molecule is CCCCC/C=C\C/C=C\CCCCCCCC(=O)OC(CC(=O)O)C(=O)OC. The van der Waals surface area contributed by atoms with E-state index in [9.17, 15) is 14.4 Å². The van der Waals surface area contributed by atoms with Crippen LogP contribution in [0.1, 0.15) is 90.4 Å². The fourth-order valence-electron chi connectivity index (χ4n) is 2.76. The highest BCUT2D eigenvalue weighted by Crippen LogP contribution is 2.10. The van der Waals surface area contributed by atoms with Crippen LogP contribution in [0.5, 0.6) is 0 Å². The Morgan fingerprint density at radius 2 is 1.45 bits per heavy atom. The second kappa shape index (κ2) is 19.2. The van der Waals surface area contributed by atoms with Gasteiger partial charge in [0.1, 0.15) is 0 Å². The average Bonchev–Trinajstić information content (AvgIpc) is 2.69. The number of unbranched alkanes of at least 4 members (excludes halogenated alkanes) is 8. The van der Waals surface area contributed by atoms with Gasteiger partial charge in [0.15, 0.2) is 0 Å². The van der Waals surface area contributed by atoms with Gasteiger partial charge in [0.05, 0.1) is 13.5 Å². The lowest BCUT2D eigenvalue weighted by molar-refractivity contribution is -0.169. The van der Waals surface area contributed by atoms with Crippen molar-refractivity contribution < 1.29 is 29.0 Å². The minimum absolute atomic E-state index is 0.178. The molecule has 0 aromatic heterocycles. The molecule has 1 atom stereocenters. The number of carboxylic acids is 1. The van der Waals surface area contributed by atoms with Crippen LogP contribution in [-0.4, -0.2) is 36.2 Å². The summed E-state index contributed by atoms with van der Waals surface area (Å²) in [7, 11) is 1.13. The number of hydrogen-bond donors (Lipinski definition) is 1. The number of rotatable bonds is 18. The first-order chi connectivity index (χ1) is 14.0. The zero-order chi connectivity index (χ0) is 21.7. The van der Waals surface area contributed by atoms with E-state index in [1.54, 1.807) is 0 Å². The van der Waals surface area contributed by atoms with Crippen LogP contribution in [-0.2, 0) is 23.9 Å². The Morgan fingerprint density at radius 1 is 0.862 bits per heavy atom. The van der Waals surface area contributed by atoms with Crippen molar-refractivity contribution in [3.8, 4) is 0 Å². The number of carboxylic acid groups (broad SMARTS) is 1. The summed E-state index contributed by atoms with van der Waals surface area (Å²) in [6.07, 6.45) is 19.1. The van der Waals surface area contributed by atoms with E-state index in [-0.39, 0.29) is 6.42 Å². The van der Waals surface area contributed by atoms with Crippen LogP contribution < -0.4 is 0 Å². The third-order valence-corrected chi connectivity index (χ3v) is 4.43. The summed E-state index contributed by atoms with van der Waals surface area (Å²) in [5.41, 5.74) is 0. The molecule has 1 unspecified atom stereocenters. The fourth-order valence-corrected chi connectivity index (χ4v) is 2.76. The summed E-state index contributed by atoms with van der Waals surface area (Å²) in [6.45, 7) is 2.22. The normalized spacial score (nSPS) is 12.3. The van der Waals surface area contributed by atoms with Crippen LogP contribution in [0.25, 0.3) is 0 Å². The molecule has 0 aliphatic heterocycles. The van der Waals surface area contributed by atoms with E-state index in [4.69, 9.17) is 9.84 Å². The molecule has 0 aliphatic carbocycles. The Bertz CT molecular complexity index is 509. The van der Waals surface area contributed by atoms with Crippen molar-refractivity contribution in [2.75, 3.05) is 7.11 Å². The Labute approximate surface area is 175 Å². The number of carbonyl (C=O) groups is 3. The van der Waals surface area contributed by atoms with Gasteiger partial charge in [0.25, 0.3) is 0 Å². The van der Waals surface area contributed by atoms with Crippen molar-refractivity contribution in [1.29, 1.82) is 0 Å². The molecule has 0 bridgehead atoms. The average molecular weight is 411 g/mol. The second-order valence-corrected chi connectivity index (χ2v) is 7.08. The molecule has 0 saturated heterocycles. The van der Waals surface area contributed by atoms with Crippen molar-refractivity contribution in [1.82, 2.24) is 0 Å². The zero-order valence-electron chi connectivity index (χ0n) is 18.1. The topological polar surface area (TPSA) is 89.9 Å². The molecule has 6 nitrogen and oxygen atoms in total. The van der Waals surface area contributed by atoms with Gasteiger partial charge in [-0.25, -0.2) is 4.79 Å². The molecular formula is C23H38O6. The van der Waals surface area contributed by atoms with Gasteiger partial charge in [0.2, 0.25) is 6.10 Å². The maximum Gasteiger partial charge on any atom is 0.347 e. The Kier molecular flexibility index (Phi) is 17.8. The van der Waals surface area contributed by atoms with Gasteiger partial charge in [-0.1, -0.05) is 63.3 Å². The van der Waals surface area contributed by atoms with Crippen LogP contribution in [0.3, 0.4) is 0 Å². The van der Waals surface area contributed by atoms with E-state index in [1.165, 1.54) is 25.7 Å². The maximum absolute atomic E-state index is 11.8. The number of methoxy groups -OCH3 is 1. The van der Waals surface area contributed by atoms with Crippen molar-refractivity contribution in [3.05, 3.63) is 24.3 Å². The van der Waals surface area contributed by atoms with Crippen molar-refractivity contribution in [2.45, 2.75) is 96.5 Å². The molecule has 29 heavy (non-hydrogen) atoms. The zero-order valence-corrected chi connectivity index (χ0v) is 18.1. The molecule has 6 heteroatoms. The van der Waals surface area contributed by atoms with Crippen LogP contribution in [0.4, 0.5) is 0 Å². The highest BCUT2D eigenvalue weighted by molar-refractivity contribution is 5.83. The van der Waals surface area contributed by atoms with Gasteiger partial charge < -0.3 is 14.6 Å². The molecule has 0 saturated carbocycles. The lowest BCUT2D eigenvalue weighted by Gasteiger charge is -2.13. The summed E-state index contributed by atoms with van der Waals surface area (Å²) in [6, 6.07) is 0. The summed E-state index contributed by atoms with van der Waals surface area (Å²) < 4.78 is 9.38. The number of aliphatic carboxylic acids is 1.